The Hall–Kier alpha value is -3.99. The van der Waals surface area contributed by atoms with Crippen molar-refractivity contribution in [3.63, 3.8) is 0 Å². The molecule has 6 rings (SSSR count). The van der Waals surface area contributed by atoms with E-state index in [9.17, 15) is 0 Å². The van der Waals surface area contributed by atoms with Crippen LogP contribution in [0.1, 0.15) is 5.56 Å². The minimum absolute atomic E-state index is 0.749. The highest BCUT2D eigenvalue weighted by Gasteiger charge is 2.24. The van der Waals surface area contributed by atoms with Gasteiger partial charge in [0.25, 0.3) is 0 Å². The molecule has 0 heterocycles. The lowest BCUT2D eigenvalue weighted by molar-refractivity contribution is 1.31. The standard InChI is InChI=1S/C35H27P/c1-2-14-33-34(36(28-18-5-3-6-19-28)29-20-7-4-8-21-29)25-27-16-10-12-23-31(27)35(33)32-24-13-17-26-15-9-11-22-30(26)32/h2-13,15-25H,1,14H2. The molecule has 0 N–H and O–H groups in total. The predicted molar refractivity (Wildman–Crippen MR) is 159 cm³/mol. The molecular formula is C35H27P. The average molecular weight is 479 g/mol. The van der Waals surface area contributed by atoms with Crippen LogP contribution in [0, 0.1) is 0 Å². The van der Waals surface area contributed by atoms with Gasteiger partial charge in [-0.2, -0.15) is 0 Å². The van der Waals surface area contributed by atoms with Crippen molar-refractivity contribution in [3.05, 3.63) is 152 Å². The van der Waals surface area contributed by atoms with Crippen molar-refractivity contribution < 1.29 is 0 Å². The summed E-state index contributed by atoms with van der Waals surface area (Å²) in [5, 5.41) is 9.27. The van der Waals surface area contributed by atoms with Crippen LogP contribution in [-0.2, 0) is 6.42 Å². The predicted octanol–water partition coefficient (Wildman–Crippen LogP) is 8.15. The molecule has 0 amide bonds. The smallest absolute Gasteiger partial charge is 0.00573 e. The molecule has 0 aromatic heterocycles. The summed E-state index contributed by atoms with van der Waals surface area (Å²) in [6.07, 6.45) is 2.88. The first-order valence-corrected chi connectivity index (χ1v) is 13.7. The van der Waals surface area contributed by atoms with Crippen molar-refractivity contribution in [2.45, 2.75) is 6.42 Å². The van der Waals surface area contributed by atoms with Crippen molar-refractivity contribution in [1.82, 2.24) is 0 Å². The van der Waals surface area contributed by atoms with Gasteiger partial charge in [-0.15, -0.1) is 6.58 Å². The normalized spacial score (nSPS) is 11.2. The molecule has 0 atom stereocenters. The second-order valence-electron chi connectivity index (χ2n) is 9.00. The number of fused-ring (bicyclic) bond motifs is 2. The third kappa shape index (κ3) is 4.05. The quantitative estimate of drug-likeness (QED) is 0.167. The number of hydrogen-bond donors (Lipinski definition) is 0. The van der Waals surface area contributed by atoms with Crippen molar-refractivity contribution in [3.8, 4) is 11.1 Å². The van der Waals surface area contributed by atoms with Crippen LogP contribution >= 0.6 is 7.92 Å². The van der Waals surface area contributed by atoms with Crippen LogP contribution in [0.3, 0.4) is 0 Å². The molecule has 0 saturated heterocycles. The maximum atomic E-state index is 4.19. The third-order valence-corrected chi connectivity index (χ3v) is 9.32. The molecular weight excluding hydrogens is 451 g/mol. The summed E-state index contributed by atoms with van der Waals surface area (Å²) >= 11 is 0. The first-order chi connectivity index (χ1) is 17.8. The molecule has 0 nitrogen and oxygen atoms in total. The van der Waals surface area contributed by atoms with Crippen LogP contribution in [0.2, 0.25) is 0 Å². The van der Waals surface area contributed by atoms with Gasteiger partial charge in [0.2, 0.25) is 0 Å². The third-order valence-electron chi connectivity index (χ3n) is 6.81. The molecule has 1 heteroatoms. The molecule has 0 fully saturated rings. The molecule has 36 heavy (non-hydrogen) atoms. The Kier molecular flexibility index (Phi) is 6.20. The highest BCUT2D eigenvalue weighted by molar-refractivity contribution is 7.80. The van der Waals surface area contributed by atoms with Gasteiger partial charge in [-0.3, -0.25) is 0 Å². The molecule has 0 aliphatic rings. The van der Waals surface area contributed by atoms with E-state index in [1.54, 1.807) is 0 Å². The van der Waals surface area contributed by atoms with Gasteiger partial charge in [0.05, 0.1) is 0 Å². The Labute approximate surface area is 214 Å². The molecule has 0 aliphatic heterocycles. The summed E-state index contributed by atoms with van der Waals surface area (Å²) in [5.41, 5.74) is 4.00. The SMILES string of the molecule is C=CCc1c(P(c2ccccc2)c2ccccc2)cc2ccccc2c1-c1cccc2ccccc12. The second-order valence-corrected chi connectivity index (χ2v) is 11.2. The summed E-state index contributed by atoms with van der Waals surface area (Å²) in [7, 11) is -0.749. The van der Waals surface area contributed by atoms with Crippen molar-refractivity contribution >= 4 is 45.4 Å². The van der Waals surface area contributed by atoms with Gasteiger partial charge >= 0.3 is 0 Å². The number of hydrogen-bond acceptors (Lipinski definition) is 0. The monoisotopic (exact) mass is 478 g/mol. The van der Waals surface area contributed by atoms with Crippen molar-refractivity contribution in [2.24, 2.45) is 0 Å². The number of allylic oxidation sites excluding steroid dienone is 1. The van der Waals surface area contributed by atoms with Crippen molar-refractivity contribution in [2.75, 3.05) is 0 Å². The maximum Gasteiger partial charge on any atom is -0.00573 e. The van der Waals surface area contributed by atoms with Gasteiger partial charge in [-0.05, 0) is 74.6 Å². The Morgan fingerprint density at radius 1 is 0.556 bits per heavy atom. The summed E-state index contributed by atoms with van der Waals surface area (Å²) in [6, 6.07) is 48.7. The topological polar surface area (TPSA) is 0 Å². The van der Waals surface area contributed by atoms with E-state index in [0.29, 0.717) is 0 Å². The fourth-order valence-corrected chi connectivity index (χ4v) is 7.79. The lowest BCUT2D eigenvalue weighted by Crippen LogP contribution is -2.24. The zero-order chi connectivity index (χ0) is 24.3. The van der Waals surface area contributed by atoms with E-state index in [-0.39, 0.29) is 0 Å². The zero-order valence-corrected chi connectivity index (χ0v) is 21.0. The highest BCUT2D eigenvalue weighted by Crippen LogP contribution is 2.42. The molecule has 0 saturated carbocycles. The van der Waals surface area contributed by atoms with Gasteiger partial charge in [0.1, 0.15) is 0 Å². The largest absolute Gasteiger partial charge is 0.103 e. The molecule has 6 aromatic carbocycles. The molecule has 0 unspecified atom stereocenters. The molecule has 0 bridgehead atoms. The summed E-state index contributed by atoms with van der Waals surface area (Å²) in [6.45, 7) is 4.19. The Bertz CT molecular complexity index is 1620. The first-order valence-electron chi connectivity index (χ1n) is 12.4. The Balaban J connectivity index is 1.75. The fraction of sp³-hybridized carbons (Fsp3) is 0.0286. The van der Waals surface area contributed by atoms with Crippen LogP contribution in [0.5, 0.6) is 0 Å². The summed E-state index contributed by atoms with van der Waals surface area (Å²) in [5.74, 6) is 0. The molecule has 172 valence electrons. The van der Waals surface area contributed by atoms with Crippen LogP contribution in [0.25, 0.3) is 32.7 Å². The second kappa shape index (κ2) is 9.94. The van der Waals surface area contributed by atoms with Gasteiger partial charge < -0.3 is 0 Å². The first kappa shape index (κ1) is 22.5. The van der Waals surface area contributed by atoms with Crippen LogP contribution in [0.15, 0.2) is 146 Å². The van der Waals surface area contributed by atoms with Gasteiger partial charge in [-0.25, -0.2) is 0 Å². The fourth-order valence-electron chi connectivity index (χ4n) is 5.26. The minimum Gasteiger partial charge on any atom is -0.103 e. The van der Waals surface area contributed by atoms with E-state index in [0.717, 1.165) is 6.42 Å². The molecule has 0 aliphatic carbocycles. The van der Waals surface area contributed by atoms with Crippen LogP contribution in [-0.4, -0.2) is 0 Å². The van der Waals surface area contributed by atoms with E-state index >= 15 is 0 Å². The number of benzene rings is 6. The van der Waals surface area contributed by atoms with Gasteiger partial charge in [-0.1, -0.05) is 133 Å². The van der Waals surface area contributed by atoms with Crippen LogP contribution < -0.4 is 15.9 Å². The minimum atomic E-state index is -0.749. The lowest BCUT2D eigenvalue weighted by atomic mass is 9.89. The van der Waals surface area contributed by atoms with Gasteiger partial charge in [0, 0.05) is 0 Å². The maximum absolute atomic E-state index is 4.19. The lowest BCUT2D eigenvalue weighted by Gasteiger charge is -2.26. The average Bonchev–Trinajstić information content (AvgIpc) is 2.94. The Morgan fingerprint density at radius 2 is 1.11 bits per heavy atom. The van der Waals surface area contributed by atoms with Crippen molar-refractivity contribution in [1.29, 1.82) is 0 Å². The van der Waals surface area contributed by atoms with Crippen LogP contribution in [0.4, 0.5) is 0 Å². The van der Waals surface area contributed by atoms with E-state index in [2.05, 4.69) is 146 Å². The van der Waals surface area contributed by atoms with E-state index in [1.165, 1.54) is 54.1 Å². The van der Waals surface area contributed by atoms with Gasteiger partial charge in [0.15, 0.2) is 0 Å². The summed E-state index contributed by atoms with van der Waals surface area (Å²) in [4.78, 5) is 0. The Morgan fingerprint density at radius 3 is 1.78 bits per heavy atom. The highest BCUT2D eigenvalue weighted by atomic mass is 31.1. The van der Waals surface area contributed by atoms with E-state index < -0.39 is 7.92 Å². The number of rotatable bonds is 6. The summed E-state index contributed by atoms with van der Waals surface area (Å²) < 4.78 is 0. The molecule has 0 spiro atoms. The molecule has 6 aromatic rings. The molecule has 0 radical (unpaired) electrons. The van der Waals surface area contributed by atoms with E-state index in [4.69, 9.17) is 0 Å². The van der Waals surface area contributed by atoms with E-state index in [1.807, 2.05) is 0 Å². The zero-order valence-electron chi connectivity index (χ0n) is 20.1.